The van der Waals surface area contributed by atoms with Gasteiger partial charge >= 0.3 is 0 Å². The molecule has 0 atom stereocenters. The molecule has 2 saturated heterocycles. The van der Waals surface area contributed by atoms with Crippen LogP contribution in [0.3, 0.4) is 0 Å². The van der Waals surface area contributed by atoms with E-state index in [-0.39, 0.29) is 5.56 Å². The van der Waals surface area contributed by atoms with Crippen molar-refractivity contribution in [1.29, 1.82) is 0 Å². The second-order valence-corrected chi connectivity index (χ2v) is 9.78. The van der Waals surface area contributed by atoms with Gasteiger partial charge in [0.15, 0.2) is 0 Å². The number of amides is 1. The third kappa shape index (κ3) is 5.92. The Morgan fingerprint density at radius 3 is 2.51 bits per heavy atom. The monoisotopic (exact) mass is 503 g/mol. The normalized spacial score (nSPS) is 16.8. The number of nitrogens with zero attached hydrogens (tertiary/aromatic N) is 4. The number of H-pyrrole nitrogens is 1. The van der Waals surface area contributed by atoms with E-state index in [1.165, 1.54) is 6.20 Å². The molecule has 4 heterocycles. The molecule has 10 nitrogen and oxygen atoms in total. The fraction of sp³-hybridized carbons (Fsp3) is 0.370. The number of hydrogen-bond donors (Lipinski definition) is 3. The molecule has 5 rings (SSSR count). The van der Waals surface area contributed by atoms with E-state index < -0.39 is 11.5 Å². The van der Waals surface area contributed by atoms with E-state index in [9.17, 15) is 9.59 Å². The Morgan fingerprint density at radius 2 is 1.78 bits per heavy atom. The summed E-state index contributed by atoms with van der Waals surface area (Å²) in [5, 5.41) is 6.04. The van der Waals surface area contributed by atoms with Gasteiger partial charge in [-0.05, 0) is 44.4 Å². The second-order valence-electron chi connectivity index (χ2n) is 9.78. The summed E-state index contributed by atoms with van der Waals surface area (Å²) in [7, 11) is 4.21. The first-order chi connectivity index (χ1) is 18.0. The molecule has 0 saturated carbocycles. The molecule has 3 N–H and O–H groups in total. The number of ether oxygens (including phenoxy) is 1. The van der Waals surface area contributed by atoms with Gasteiger partial charge < -0.3 is 35.1 Å². The molecule has 0 unspecified atom stereocenters. The van der Waals surface area contributed by atoms with E-state index >= 15 is 0 Å². The Kier molecular flexibility index (Phi) is 7.38. The molecule has 0 bridgehead atoms. The number of hydrogen-bond acceptors (Lipinski definition) is 8. The number of carbonyl (C=O) groups excluding carboxylic acids is 1. The molecule has 37 heavy (non-hydrogen) atoms. The average Bonchev–Trinajstić information content (AvgIpc) is 2.88. The van der Waals surface area contributed by atoms with E-state index in [4.69, 9.17) is 4.74 Å². The average molecular weight is 504 g/mol. The zero-order chi connectivity index (χ0) is 25.8. The number of likely N-dealkylation sites (N-methyl/N-ethyl adjacent to an activating group) is 1. The third-order valence-electron chi connectivity index (χ3n) is 6.85. The number of nitrogens with one attached hydrogen (secondary N) is 3. The summed E-state index contributed by atoms with van der Waals surface area (Å²) in [4.78, 5) is 39.6. The van der Waals surface area contributed by atoms with Crippen LogP contribution in [0.2, 0.25) is 0 Å². The van der Waals surface area contributed by atoms with Crippen LogP contribution in [0.1, 0.15) is 10.4 Å². The van der Waals surface area contributed by atoms with Crippen molar-refractivity contribution in [3.63, 3.8) is 0 Å². The van der Waals surface area contributed by atoms with E-state index in [2.05, 4.69) is 49.4 Å². The van der Waals surface area contributed by atoms with Crippen molar-refractivity contribution in [2.24, 2.45) is 5.92 Å². The number of carbonyl (C=O) groups is 1. The van der Waals surface area contributed by atoms with Gasteiger partial charge in [0.25, 0.3) is 11.5 Å². The number of piperazine rings is 1. The smallest absolute Gasteiger partial charge is 0.263 e. The molecular weight excluding hydrogens is 470 g/mol. The van der Waals surface area contributed by atoms with Gasteiger partial charge in [-0.15, -0.1) is 0 Å². The van der Waals surface area contributed by atoms with Gasteiger partial charge in [0.05, 0.1) is 24.2 Å². The summed E-state index contributed by atoms with van der Waals surface area (Å²) in [6.45, 7) is 6.57. The van der Waals surface area contributed by atoms with Crippen molar-refractivity contribution in [1.82, 2.24) is 19.8 Å². The van der Waals surface area contributed by atoms with Gasteiger partial charge in [-0.2, -0.15) is 0 Å². The van der Waals surface area contributed by atoms with Crippen molar-refractivity contribution < 1.29 is 9.53 Å². The summed E-state index contributed by atoms with van der Waals surface area (Å²) in [6.07, 6.45) is 4.79. The molecule has 0 spiro atoms. The Morgan fingerprint density at radius 1 is 1.03 bits per heavy atom. The lowest BCUT2D eigenvalue weighted by Gasteiger charge is -2.35. The van der Waals surface area contributed by atoms with Gasteiger partial charge in [-0.1, -0.05) is 0 Å². The third-order valence-corrected chi connectivity index (χ3v) is 6.85. The number of benzene rings is 1. The number of aromatic nitrogens is 2. The summed E-state index contributed by atoms with van der Waals surface area (Å²) in [5.74, 6) is 0.603. The lowest BCUT2D eigenvalue weighted by molar-refractivity contribution is 0.0860. The molecule has 2 aliphatic heterocycles. The lowest BCUT2D eigenvalue weighted by Crippen LogP contribution is -2.46. The molecule has 2 fully saturated rings. The van der Waals surface area contributed by atoms with Gasteiger partial charge in [-0.25, -0.2) is 0 Å². The first-order valence-corrected chi connectivity index (χ1v) is 12.6. The molecule has 1 amide bonds. The van der Waals surface area contributed by atoms with Crippen molar-refractivity contribution in [2.45, 2.75) is 0 Å². The fourth-order valence-corrected chi connectivity index (χ4v) is 4.71. The molecule has 2 aliphatic rings. The van der Waals surface area contributed by atoms with E-state index in [1.807, 2.05) is 24.3 Å². The molecule has 0 aliphatic carbocycles. The molecular formula is C27H33N7O3. The van der Waals surface area contributed by atoms with Crippen LogP contribution in [0.15, 0.2) is 59.8 Å². The molecule has 0 radical (unpaired) electrons. The van der Waals surface area contributed by atoms with Crippen molar-refractivity contribution in [2.75, 3.05) is 75.5 Å². The highest BCUT2D eigenvalue weighted by atomic mass is 16.5. The van der Waals surface area contributed by atoms with Gasteiger partial charge in [0.1, 0.15) is 11.3 Å². The molecule has 3 aromatic rings. The Labute approximate surface area is 216 Å². The topological polar surface area (TPSA) is 106 Å². The van der Waals surface area contributed by atoms with Crippen molar-refractivity contribution in [3.05, 3.63) is 70.9 Å². The summed E-state index contributed by atoms with van der Waals surface area (Å²) in [5.41, 5.74) is 2.20. The van der Waals surface area contributed by atoms with Crippen LogP contribution in [0.5, 0.6) is 5.75 Å². The van der Waals surface area contributed by atoms with E-state index in [1.54, 1.807) is 24.5 Å². The van der Waals surface area contributed by atoms with Crippen LogP contribution in [-0.4, -0.2) is 85.6 Å². The Bertz CT molecular complexity index is 1280. The molecule has 10 heteroatoms. The molecule has 2 aromatic heterocycles. The van der Waals surface area contributed by atoms with Crippen molar-refractivity contribution in [3.8, 4) is 5.75 Å². The number of anilines is 4. The Balaban J connectivity index is 1.28. The van der Waals surface area contributed by atoms with Crippen molar-refractivity contribution >= 4 is 28.7 Å². The maximum absolute atomic E-state index is 13.2. The summed E-state index contributed by atoms with van der Waals surface area (Å²) >= 11 is 0. The maximum Gasteiger partial charge on any atom is 0.263 e. The van der Waals surface area contributed by atoms with Crippen LogP contribution in [0.25, 0.3) is 0 Å². The van der Waals surface area contributed by atoms with Gasteiger partial charge in [-0.3, -0.25) is 14.6 Å². The van der Waals surface area contributed by atoms with Crippen LogP contribution < -0.4 is 25.8 Å². The van der Waals surface area contributed by atoms with E-state index in [0.717, 1.165) is 45.0 Å². The summed E-state index contributed by atoms with van der Waals surface area (Å²) in [6, 6.07) is 11.1. The largest absolute Gasteiger partial charge is 0.491 e. The quantitative estimate of drug-likeness (QED) is 0.431. The van der Waals surface area contributed by atoms with Crippen LogP contribution >= 0.6 is 0 Å². The Hall–Kier alpha value is -3.89. The predicted molar refractivity (Wildman–Crippen MR) is 145 cm³/mol. The summed E-state index contributed by atoms with van der Waals surface area (Å²) < 4.78 is 6.03. The first kappa shape index (κ1) is 24.8. The molecule has 194 valence electrons. The van der Waals surface area contributed by atoms with Crippen LogP contribution in [0.4, 0.5) is 22.7 Å². The SMILES string of the molecule is CN1CCN(c2ccc(NC(=O)c3c(Nc4cnccc4OCC4CN(C)C4)cc[nH]c3=O)cc2)CC1. The zero-order valence-electron chi connectivity index (χ0n) is 21.2. The highest BCUT2D eigenvalue weighted by Gasteiger charge is 2.24. The minimum absolute atomic E-state index is 0.0129. The first-order valence-electron chi connectivity index (χ1n) is 12.6. The lowest BCUT2D eigenvalue weighted by atomic mass is 10.0. The highest BCUT2D eigenvalue weighted by molar-refractivity contribution is 6.08. The predicted octanol–water partition coefficient (Wildman–Crippen LogP) is 2.46. The minimum atomic E-state index is -0.499. The van der Waals surface area contributed by atoms with Gasteiger partial charge in [0, 0.05) is 75.0 Å². The van der Waals surface area contributed by atoms with Gasteiger partial charge in [0.2, 0.25) is 0 Å². The standard InChI is InChI=1S/C27H33N7O3/c1-32-11-13-34(14-12-32)21-5-3-20(4-6-21)30-27(36)25-22(7-10-29-26(25)35)31-23-15-28-9-8-24(23)37-18-19-16-33(2)17-19/h3-10,15,19H,11-14,16-18H2,1-2H3,(H,30,36)(H2,29,31,35). The number of pyridine rings is 2. The van der Waals surface area contributed by atoms with E-state index in [0.29, 0.717) is 35.3 Å². The van der Waals surface area contributed by atoms with Crippen LogP contribution in [-0.2, 0) is 0 Å². The zero-order valence-corrected chi connectivity index (χ0v) is 21.2. The van der Waals surface area contributed by atoms with Crippen LogP contribution in [0, 0.1) is 5.92 Å². The second kappa shape index (κ2) is 11.0. The number of likely N-dealkylation sites (tertiary alicyclic amines) is 1. The maximum atomic E-state index is 13.2. The number of rotatable bonds is 8. The fourth-order valence-electron chi connectivity index (χ4n) is 4.71. The minimum Gasteiger partial charge on any atom is -0.491 e. The molecule has 1 aromatic carbocycles. The highest BCUT2D eigenvalue weighted by Crippen LogP contribution is 2.29. The number of aromatic amines is 1.